The van der Waals surface area contributed by atoms with E-state index in [1.807, 2.05) is 29.7 Å². The van der Waals surface area contributed by atoms with Crippen LogP contribution in [-0.4, -0.2) is 32.7 Å². The summed E-state index contributed by atoms with van der Waals surface area (Å²) >= 11 is 14.1. The summed E-state index contributed by atoms with van der Waals surface area (Å²) < 4.78 is 1.57. The summed E-state index contributed by atoms with van der Waals surface area (Å²) in [6.07, 6.45) is 2.22. The smallest absolute Gasteiger partial charge is 0.303 e. The second-order valence-electron chi connectivity index (χ2n) is 5.16. The van der Waals surface area contributed by atoms with Gasteiger partial charge < -0.3 is 5.11 Å². The van der Waals surface area contributed by atoms with Crippen LogP contribution in [0.5, 0.6) is 0 Å². The van der Waals surface area contributed by atoms with Crippen LogP contribution >= 0.6 is 46.9 Å². The van der Waals surface area contributed by atoms with Gasteiger partial charge in [0.1, 0.15) is 4.32 Å². The molecule has 124 valence electrons. The maximum absolute atomic E-state index is 12.5. The number of fused-ring (bicyclic) bond motifs is 1. The molecular formula is C16H12ClNO3S3. The Hall–Kier alpha value is -1.41. The number of halogens is 1. The number of aliphatic carboxylic acids is 1. The third-order valence-corrected chi connectivity index (χ3v) is 6.09. The molecule has 8 heteroatoms. The van der Waals surface area contributed by atoms with Crippen LogP contribution < -0.4 is 0 Å². The summed E-state index contributed by atoms with van der Waals surface area (Å²) in [6, 6.07) is 5.68. The molecule has 24 heavy (non-hydrogen) atoms. The second-order valence-corrected chi connectivity index (χ2v) is 8.19. The number of thioether (sulfide) groups is 1. The van der Waals surface area contributed by atoms with E-state index in [0.29, 0.717) is 27.2 Å². The molecule has 1 saturated heterocycles. The van der Waals surface area contributed by atoms with Crippen molar-refractivity contribution >= 4 is 79.3 Å². The van der Waals surface area contributed by atoms with Crippen LogP contribution in [0.15, 0.2) is 28.5 Å². The lowest BCUT2D eigenvalue weighted by molar-refractivity contribution is -0.137. The molecule has 1 amide bonds. The minimum absolute atomic E-state index is 0.0176. The monoisotopic (exact) mass is 397 g/mol. The van der Waals surface area contributed by atoms with Crippen LogP contribution in [0.1, 0.15) is 18.4 Å². The van der Waals surface area contributed by atoms with Crippen LogP contribution in [-0.2, 0) is 9.59 Å². The molecule has 1 aliphatic rings. The van der Waals surface area contributed by atoms with Crippen LogP contribution in [0.2, 0.25) is 5.02 Å². The number of carbonyl (C=O) groups excluding carboxylic acids is 1. The first-order valence-electron chi connectivity index (χ1n) is 7.09. The van der Waals surface area contributed by atoms with Gasteiger partial charge in [0.25, 0.3) is 5.91 Å². The standard InChI is InChI=1S/C16H12ClNO3S3/c17-10-3-4-12-11(7-10)9(8-23-12)6-13-15(21)18(16(22)24-13)5-1-2-14(19)20/h3-4,6-8H,1-2,5H2,(H,19,20)/b13-6+. The minimum atomic E-state index is -0.877. The van der Waals surface area contributed by atoms with Crippen molar-refractivity contribution in [3.63, 3.8) is 0 Å². The van der Waals surface area contributed by atoms with Crippen molar-refractivity contribution in [2.75, 3.05) is 6.54 Å². The summed E-state index contributed by atoms with van der Waals surface area (Å²) in [4.78, 5) is 25.1. The van der Waals surface area contributed by atoms with E-state index in [4.69, 9.17) is 28.9 Å². The van der Waals surface area contributed by atoms with Crippen LogP contribution in [0.4, 0.5) is 0 Å². The molecule has 1 aliphatic heterocycles. The number of amides is 1. The quantitative estimate of drug-likeness (QED) is 0.589. The highest BCUT2D eigenvalue weighted by Gasteiger charge is 2.31. The molecule has 0 spiro atoms. The summed E-state index contributed by atoms with van der Waals surface area (Å²) in [5.74, 6) is -1.05. The minimum Gasteiger partial charge on any atom is -0.481 e. The van der Waals surface area contributed by atoms with Gasteiger partial charge in [-0.25, -0.2) is 0 Å². The summed E-state index contributed by atoms with van der Waals surface area (Å²) in [5, 5.41) is 12.3. The topological polar surface area (TPSA) is 57.6 Å². The number of thiophene rings is 1. The van der Waals surface area contributed by atoms with E-state index in [0.717, 1.165) is 15.6 Å². The number of carboxylic acid groups (broad SMARTS) is 1. The van der Waals surface area contributed by atoms with E-state index in [9.17, 15) is 9.59 Å². The predicted octanol–water partition coefficient (Wildman–Crippen LogP) is 4.62. The molecule has 1 aromatic carbocycles. The van der Waals surface area contributed by atoms with Crippen molar-refractivity contribution in [1.82, 2.24) is 4.90 Å². The molecule has 1 N–H and O–H groups in total. The number of thiocarbonyl (C=S) groups is 1. The molecular weight excluding hydrogens is 386 g/mol. The second kappa shape index (κ2) is 7.23. The van der Waals surface area contributed by atoms with Gasteiger partial charge in [-0.15, -0.1) is 11.3 Å². The number of carbonyl (C=O) groups is 2. The average molecular weight is 398 g/mol. The van der Waals surface area contributed by atoms with Crippen LogP contribution in [0, 0.1) is 0 Å². The number of hydrogen-bond acceptors (Lipinski definition) is 5. The Balaban J connectivity index is 1.82. The van der Waals surface area contributed by atoms with Crippen molar-refractivity contribution in [1.29, 1.82) is 0 Å². The van der Waals surface area contributed by atoms with Gasteiger partial charge in [0.05, 0.1) is 4.91 Å². The number of carboxylic acids is 1. The van der Waals surface area contributed by atoms with E-state index in [1.54, 1.807) is 11.3 Å². The molecule has 2 heterocycles. The van der Waals surface area contributed by atoms with Crippen LogP contribution in [0.25, 0.3) is 16.2 Å². The van der Waals surface area contributed by atoms with E-state index in [1.165, 1.54) is 16.7 Å². The zero-order valence-electron chi connectivity index (χ0n) is 12.3. The number of benzene rings is 1. The number of hydrogen-bond donors (Lipinski definition) is 1. The Kier molecular flexibility index (Phi) is 5.24. The Bertz CT molecular complexity index is 875. The van der Waals surface area contributed by atoms with Crippen molar-refractivity contribution in [2.45, 2.75) is 12.8 Å². The molecule has 0 saturated carbocycles. The predicted molar refractivity (Wildman–Crippen MR) is 104 cm³/mol. The zero-order chi connectivity index (χ0) is 17.3. The molecule has 3 rings (SSSR count). The lowest BCUT2D eigenvalue weighted by Crippen LogP contribution is -2.29. The normalized spacial score (nSPS) is 16.5. The first-order chi connectivity index (χ1) is 11.5. The van der Waals surface area contributed by atoms with Gasteiger partial charge in [-0.1, -0.05) is 35.6 Å². The Labute approximate surface area is 157 Å². The third kappa shape index (κ3) is 3.64. The maximum atomic E-state index is 12.5. The van der Waals surface area contributed by atoms with Gasteiger partial charge in [0.15, 0.2) is 0 Å². The molecule has 0 atom stereocenters. The first kappa shape index (κ1) is 17.4. The summed E-state index contributed by atoms with van der Waals surface area (Å²) in [5.41, 5.74) is 0.934. The van der Waals surface area contributed by atoms with Crippen LogP contribution in [0.3, 0.4) is 0 Å². The fourth-order valence-electron chi connectivity index (χ4n) is 2.36. The van der Waals surface area contributed by atoms with Gasteiger partial charge in [-0.3, -0.25) is 14.5 Å². The van der Waals surface area contributed by atoms with E-state index < -0.39 is 5.97 Å². The summed E-state index contributed by atoms with van der Waals surface area (Å²) in [7, 11) is 0. The first-order valence-corrected chi connectivity index (χ1v) is 9.58. The summed E-state index contributed by atoms with van der Waals surface area (Å²) in [6.45, 7) is 0.324. The van der Waals surface area contributed by atoms with Gasteiger partial charge >= 0.3 is 5.97 Å². The van der Waals surface area contributed by atoms with Crippen molar-refractivity contribution in [2.24, 2.45) is 0 Å². The molecule has 4 nitrogen and oxygen atoms in total. The molecule has 0 bridgehead atoms. The molecule has 2 aromatic rings. The molecule has 0 radical (unpaired) electrons. The molecule has 0 aliphatic carbocycles. The van der Waals surface area contributed by atoms with Gasteiger partial charge in [0, 0.05) is 28.1 Å². The van der Waals surface area contributed by atoms with Gasteiger partial charge in [-0.2, -0.15) is 0 Å². The van der Waals surface area contributed by atoms with E-state index in [2.05, 4.69) is 0 Å². The lowest BCUT2D eigenvalue weighted by atomic mass is 10.1. The zero-order valence-corrected chi connectivity index (χ0v) is 15.5. The van der Waals surface area contributed by atoms with Gasteiger partial charge in [-0.05, 0) is 41.6 Å². The Morgan fingerprint density at radius 1 is 1.42 bits per heavy atom. The van der Waals surface area contributed by atoms with Gasteiger partial charge in [0.2, 0.25) is 0 Å². The van der Waals surface area contributed by atoms with Crippen molar-refractivity contribution in [3.8, 4) is 0 Å². The highest BCUT2D eigenvalue weighted by Crippen LogP contribution is 2.36. The van der Waals surface area contributed by atoms with Crippen molar-refractivity contribution in [3.05, 3.63) is 39.1 Å². The molecule has 0 unspecified atom stereocenters. The fraction of sp³-hybridized carbons (Fsp3) is 0.188. The van der Waals surface area contributed by atoms with E-state index in [-0.39, 0.29) is 12.3 Å². The van der Waals surface area contributed by atoms with Crippen molar-refractivity contribution < 1.29 is 14.7 Å². The highest BCUT2D eigenvalue weighted by molar-refractivity contribution is 8.26. The number of rotatable bonds is 5. The lowest BCUT2D eigenvalue weighted by Gasteiger charge is -2.13. The highest BCUT2D eigenvalue weighted by atomic mass is 35.5. The third-order valence-electron chi connectivity index (χ3n) is 3.50. The largest absolute Gasteiger partial charge is 0.481 e. The fourth-order valence-corrected chi connectivity index (χ4v) is 4.73. The Morgan fingerprint density at radius 3 is 2.96 bits per heavy atom. The average Bonchev–Trinajstić information content (AvgIpc) is 3.03. The Morgan fingerprint density at radius 2 is 2.21 bits per heavy atom. The number of nitrogens with zero attached hydrogens (tertiary/aromatic N) is 1. The van der Waals surface area contributed by atoms with E-state index >= 15 is 0 Å². The molecule has 1 aromatic heterocycles. The molecule has 1 fully saturated rings. The maximum Gasteiger partial charge on any atom is 0.303 e. The SMILES string of the molecule is O=C(O)CCCN1C(=O)/C(=C\c2csc3ccc(Cl)cc23)SC1=S.